The molecule has 0 aliphatic carbocycles. The molecule has 1 heterocycles. The van der Waals surface area contributed by atoms with Crippen molar-refractivity contribution in [3.8, 4) is 0 Å². The first-order valence-corrected chi connectivity index (χ1v) is 9.55. The Morgan fingerprint density at radius 3 is 2.33 bits per heavy atom. The van der Waals surface area contributed by atoms with E-state index in [-0.39, 0.29) is 0 Å². The first kappa shape index (κ1) is 19.4. The number of anilines is 2. The van der Waals surface area contributed by atoms with Gasteiger partial charge in [0.2, 0.25) is 0 Å². The summed E-state index contributed by atoms with van der Waals surface area (Å²) in [6.07, 6.45) is 0. The number of nitrogens with zero attached hydrogens (tertiary/aromatic N) is 2. The Morgan fingerprint density at radius 2 is 1.70 bits per heavy atom. The maximum absolute atomic E-state index is 12.5. The summed E-state index contributed by atoms with van der Waals surface area (Å²) >= 11 is 6.14. The van der Waals surface area contributed by atoms with Crippen molar-refractivity contribution in [1.29, 1.82) is 0 Å². The van der Waals surface area contributed by atoms with Gasteiger partial charge in [-0.2, -0.15) is 0 Å². The number of aryl methyl sites for hydroxylation is 1. The molecule has 27 heavy (non-hydrogen) atoms. The van der Waals surface area contributed by atoms with Crippen LogP contribution in [0.15, 0.2) is 42.5 Å². The highest BCUT2D eigenvalue weighted by Crippen LogP contribution is 2.30. The fourth-order valence-corrected chi connectivity index (χ4v) is 3.38. The Morgan fingerprint density at radius 1 is 1.04 bits per heavy atom. The second kappa shape index (κ2) is 8.55. The molecule has 0 unspecified atom stereocenters. The van der Waals surface area contributed by atoms with Crippen LogP contribution in [0.5, 0.6) is 0 Å². The molecule has 0 radical (unpaired) electrons. The van der Waals surface area contributed by atoms with Gasteiger partial charge in [-0.3, -0.25) is 9.59 Å². The van der Waals surface area contributed by atoms with Crippen molar-refractivity contribution in [3.63, 3.8) is 0 Å². The maximum Gasteiger partial charge on any atom is 0.296 e. The van der Waals surface area contributed by atoms with Gasteiger partial charge in [-0.1, -0.05) is 48.4 Å². The van der Waals surface area contributed by atoms with E-state index in [2.05, 4.69) is 22.0 Å². The standard InChI is InChI=1S/C21H24ClN3O2/c1-3-24-10-12-25(13-11-24)19-9-8-17(22)14-18(19)23-21(27)20(26)16-6-4-15(2)5-7-16/h4-9,14H,3,10-13H2,1-2H3,(H,23,27). The lowest BCUT2D eigenvalue weighted by atomic mass is 10.1. The predicted molar refractivity (Wildman–Crippen MR) is 110 cm³/mol. The number of Topliss-reactive ketones (excluding diaryl/α,β-unsaturated/α-hetero) is 1. The lowest BCUT2D eigenvalue weighted by molar-refractivity contribution is -0.112. The summed E-state index contributed by atoms with van der Waals surface area (Å²) < 4.78 is 0. The van der Waals surface area contributed by atoms with Gasteiger partial charge in [-0.25, -0.2) is 0 Å². The second-order valence-electron chi connectivity index (χ2n) is 6.73. The van der Waals surface area contributed by atoms with Crippen LogP contribution in [0.2, 0.25) is 5.02 Å². The van der Waals surface area contributed by atoms with E-state index in [9.17, 15) is 9.59 Å². The van der Waals surface area contributed by atoms with E-state index in [0.717, 1.165) is 44.0 Å². The highest BCUT2D eigenvalue weighted by Gasteiger charge is 2.22. The molecule has 1 saturated heterocycles. The fourth-order valence-electron chi connectivity index (χ4n) is 3.20. The smallest absolute Gasteiger partial charge is 0.296 e. The van der Waals surface area contributed by atoms with Gasteiger partial charge >= 0.3 is 0 Å². The lowest BCUT2D eigenvalue weighted by Gasteiger charge is -2.36. The van der Waals surface area contributed by atoms with E-state index in [1.165, 1.54) is 0 Å². The zero-order valence-corrected chi connectivity index (χ0v) is 16.4. The first-order chi connectivity index (χ1) is 13.0. The molecule has 6 heteroatoms. The Balaban J connectivity index is 1.77. The number of hydrogen-bond acceptors (Lipinski definition) is 4. The summed E-state index contributed by atoms with van der Waals surface area (Å²) in [6, 6.07) is 12.4. The zero-order chi connectivity index (χ0) is 19.4. The van der Waals surface area contributed by atoms with Crippen molar-refractivity contribution in [2.45, 2.75) is 13.8 Å². The summed E-state index contributed by atoms with van der Waals surface area (Å²) in [5, 5.41) is 3.28. The normalized spacial score (nSPS) is 14.9. The van der Waals surface area contributed by atoms with Crippen LogP contribution in [0.25, 0.3) is 0 Å². The van der Waals surface area contributed by atoms with Gasteiger partial charge in [-0.05, 0) is 31.7 Å². The quantitative estimate of drug-likeness (QED) is 0.631. The molecule has 1 aliphatic rings. The predicted octanol–water partition coefficient (Wildman–Crippen LogP) is 3.61. The van der Waals surface area contributed by atoms with Gasteiger partial charge < -0.3 is 15.1 Å². The van der Waals surface area contributed by atoms with Crippen LogP contribution < -0.4 is 10.2 Å². The van der Waals surface area contributed by atoms with E-state index in [4.69, 9.17) is 11.6 Å². The van der Waals surface area contributed by atoms with Gasteiger partial charge in [0, 0.05) is 36.8 Å². The zero-order valence-electron chi connectivity index (χ0n) is 15.7. The number of ketones is 1. The molecule has 142 valence electrons. The monoisotopic (exact) mass is 385 g/mol. The van der Waals surface area contributed by atoms with E-state index < -0.39 is 11.7 Å². The molecule has 2 aromatic rings. The van der Waals surface area contributed by atoms with Gasteiger partial charge in [0.25, 0.3) is 11.7 Å². The van der Waals surface area contributed by atoms with Crippen molar-refractivity contribution in [1.82, 2.24) is 4.90 Å². The number of nitrogens with one attached hydrogen (secondary N) is 1. The molecule has 0 saturated carbocycles. The molecule has 1 amide bonds. The minimum Gasteiger partial charge on any atom is -0.367 e. The van der Waals surface area contributed by atoms with Crippen molar-refractivity contribution >= 4 is 34.7 Å². The third-order valence-electron chi connectivity index (χ3n) is 4.89. The van der Waals surface area contributed by atoms with Crippen LogP contribution in [0.4, 0.5) is 11.4 Å². The molecule has 1 aliphatic heterocycles. The molecule has 3 rings (SSSR count). The molecule has 0 atom stereocenters. The molecule has 2 aromatic carbocycles. The summed E-state index contributed by atoms with van der Waals surface area (Å²) in [6.45, 7) is 8.78. The van der Waals surface area contributed by atoms with Crippen LogP contribution >= 0.6 is 11.6 Å². The van der Waals surface area contributed by atoms with Crippen molar-refractivity contribution in [2.75, 3.05) is 42.9 Å². The maximum atomic E-state index is 12.5. The van der Waals surface area contributed by atoms with E-state index in [1.807, 2.05) is 25.1 Å². The van der Waals surface area contributed by atoms with Crippen molar-refractivity contribution in [3.05, 3.63) is 58.6 Å². The Kier molecular flexibility index (Phi) is 6.14. The molecular formula is C21H24ClN3O2. The molecule has 1 N–H and O–H groups in total. The molecule has 5 nitrogen and oxygen atoms in total. The molecule has 1 fully saturated rings. The van der Waals surface area contributed by atoms with Crippen LogP contribution in [0, 0.1) is 6.92 Å². The third-order valence-corrected chi connectivity index (χ3v) is 5.12. The highest BCUT2D eigenvalue weighted by molar-refractivity contribution is 6.46. The number of piperazine rings is 1. The van der Waals surface area contributed by atoms with Crippen LogP contribution in [-0.4, -0.2) is 49.3 Å². The number of carbonyl (C=O) groups is 2. The fraction of sp³-hybridized carbons (Fsp3) is 0.333. The number of rotatable bonds is 5. The van der Waals surface area contributed by atoms with Crippen LogP contribution in [0.3, 0.4) is 0 Å². The number of amides is 1. The summed E-state index contributed by atoms with van der Waals surface area (Å²) in [7, 11) is 0. The third kappa shape index (κ3) is 4.67. The molecular weight excluding hydrogens is 362 g/mol. The van der Waals surface area contributed by atoms with Crippen LogP contribution in [-0.2, 0) is 4.79 Å². The average Bonchev–Trinajstić information content (AvgIpc) is 2.68. The number of halogens is 1. The Bertz CT molecular complexity index is 828. The van der Waals surface area contributed by atoms with Crippen LogP contribution in [0.1, 0.15) is 22.8 Å². The minimum atomic E-state index is -0.658. The number of carbonyl (C=O) groups excluding carboxylic acids is 2. The van der Waals surface area contributed by atoms with Gasteiger partial charge in [-0.15, -0.1) is 0 Å². The molecule has 0 aromatic heterocycles. The average molecular weight is 386 g/mol. The summed E-state index contributed by atoms with van der Waals surface area (Å²) in [5.74, 6) is -1.22. The Hall–Kier alpha value is -2.37. The number of benzene rings is 2. The van der Waals surface area contributed by atoms with E-state index >= 15 is 0 Å². The van der Waals surface area contributed by atoms with E-state index in [0.29, 0.717) is 16.3 Å². The SMILES string of the molecule is CCN1CCN(c2ccc(Cl)cc2NC(=O)C(=O)c2ccc(C)cc2)CC1. The summed E-state index contributed by atoms with van der Waals surface area (Å²) in [5.41, 5.74) is 2.87. The topological polar surface area (TPSA) is 52.6 Å². The second-order valence-corrected chi connectivity index (χ2v) is 7.17. The van der Waals surface area contributed by atoms with Gasteiger partial charge in [0.05, 0.1) is 11.4 Å². The molecule has 0 spiro atoms. The largest absolute Gasteiger partial charge is 0.367 e. The van der Waals surface area contributed by atoms with Gasteiger partial charge in [0.15, 0.2) is 0 Å². The van der Waals surface area contributed by atoms with E-state index in [1.54, 1.807) is 24.3 Å². The highest BCUT2D eigenvalue weighted by atomic mass is 35.5. The first-order valence-electron chi connectivity index (χ1n) is 9.17. The van der Waals surface area contributed by atoms with Crippen molar-refractivity contribution in [2.24, 2.45) is 0 Å². The number of likely N-dealkylation sites (N-methyl/N-ethyl adjacent to an activating group) is 1. The minimum absolute atomic E-state index is 0.373. The van der Waals surface area contributed by atoms with Crippen molar-refractivity contribution < 1.29 is 9.59 Å². The molecule has 0 bridgehead atoms. The van der Waals surface area contributed by atoms with Gasteiger partial charge in [0.1, 0.15) is 0 Å². The summed E-state index contributed by atoms with van der Waals surface area (Å²) in [4.78, 5) is 29.6. The number of hydrogen-bond donors (Lipinski definition) is 1. The lowest BCUT2D eigenvalue weighted by Crippen LogP contribution is -2.46. The Labute approximate surface area is 164 Å².